The Bertz CT molecular complexity index is 677. The van der Waals surface area contributed by atoms with Crippen molar-refractivity contribution in [2.24, 2.45) is 0 Å². The van der Waals surface area contributed by atoms with Gasteiger partial charge in [-0.1, -0.05) is 59.1 Å². The lowest BCUT2D eigenvalue weighted by molar-refractivity contribution is 1.11. The third-order valence-electron chi connectivity index (χ3n) is 3.21. The van der Waals surface area contributed by atoms with Crippen LogP contribution in [0.1, 0.15) is 16.7 Å². The fraction of sp³-hybridized carbons (Fsp3) is 0.125. The molecule has 0 amide bonds. The van der Waals surface area contributed by atoms with Gasteiger partial charge in [-0.3, -0.25) is 0 Å². The van der Waals surface area contributed by atoms with Crippen molar-refractivity contribution in [2.75, 3.05) is 5.88 Å². The molecule has 2 aromatic carbocycles. The summed E-state index contributed by atoms with van der Waals surface area (Å²) in [7, 11) is 0. The van der Waals surface area contributed by atoms with E-state index < -0.39 is 0 Å². The van der Waals surface area contributed by atoms with Crippen molar-refractivity contribution in [3.63, 3.8) is 0 Å². The molecule has 4 heteroatoms. The highest BCUT2D eigenvalue weighted by Crippen LogP contribution is 2.39. The Kier molecular flexibility index (Phi) is 3.97. The molecule has 0 aromatic heterocycles. The van der Waals surface area contributed by atoms with E-state index in [1.54, 1.807) is 11.8 Å². The maximum atomic E-state index is 6.12. The summed E-state index contributed by atoms with van der Waals surface area (Å²) in [6.07, 6.45) is 0. The molecular weight excluding hydrogens is 309 g/mol. The van der Waals surface area contributed by atoms with Gasteiger partial charge < -0.3 is 5.32 Å². The predicted molar refractivity (Wildman–Crippen MR) is 90.0 cm³/mol. The molecule has 0 spiro atoms. The number of hydrogen-bond acceptors (Lipinski definition) is 2. The number of nitrogens with one attached hydrogen (secondary N) is 1. The Morgan fingerprint density at radius 2 is 1.65 bits per heavy atom. The molecule has 1 N–H and O–H groups in total. The Hall–Kier alpha value is -1.09. The lowest BCUT2D eigenvalue weighted by Crippen LogP contribution is -2.05. The molecular formula is C16H13Cl2NS. The van der Waals surface area contributed by atoms with Crippen LogP contribution in [0, 0.1) is 6.92 Å². The van der Waals surface area contributed by atoms with Crippen LogP contribution in [0.3, 0.4) is 0 Å². The van der Waals surface area contributed by atoms with E-state index in [0.29, 0.717) is 10.0 Å². The number of halogens is 2. The molecule has 3 rings (SSSR count). The Balaban J connectivity index is 2.07. The number of thioether (sulfide) groups is 1. The third kappa shape index (κ3) is 2.69. The fourth-order valence-electron chi connectivity index (χ4n) is 2.15. The van der Waals surface area contributed by atoms with Gasteiger partial charge in [0.05, 0.1) is 21.6 Å². The van der Waals surface area contributed by atoms with Crippen LogP contribution >= 0.6 is 35.0 Å². The largest absolute Gasteiger partial charge is 0.374 e. The van der Waals surface area contributed by atoms with Crippen LogP contribution < -0.4 is 5.32 Å². The lowest BCUT2D eigenvalue weighted by atomic mass is 10.1. The normalized spacial score (nSPS) is 14.6. The monoisotopic (exact) mass is 321 g/mol. The summed E-state index contributed by atoms with van der Waals surface area (Å²) in [5, 5.41) is 4.59. The first kappa shape index (κ1) is 13.9. The Morgan fingerprint density at radius 3 is 2.35 bits per heavy atom. The van der Waals surface area contributed by atoms with Crippen LogP contribution in [0.25, 0.3) is 10.6 Å². The van der Waals surface area contributed by atoms with E-state index in [4.69, 9.17) is 23.2 Å². The van der Waals surface area contributed by atoms with Gasteiger partial charge in [-0.25, -0.2) is 0 Å². The van der Waals surface area contributed by atoms with Crippen molar-refractivity contribution >= 4 is 45.6 Å². The van der Waals surface area contributed by atoms with E-state index >= 15 is 0 Å². The van der Waals surface area contributed by atoms with Gasteiger partial charge in [-0.2, -0.15) is 0 Å². The fourth-order valence-corrected chi connectivity index (χ4v) is 3.45. The summed E-state index contributed by atoms with van der Waals surface area (Å²) in [6, 6.07) is 14.3. The molecule has 1 heterocycles. The molecule has 2 aromatic rings. The van der Waals surface area contributed by atoms with Crippen LogP contribution in [0.5, 0.6) is 0 Å². The van der Waals surface area contributed by atoms with Gasteiger partial charge in [-0.15, -0.1) is 11.8 Å². The average molecular weight is 322 g/mol. The second kappa shape index (κ2) is 5.72. The minimum Gasteiger partial charge on any atom is -0.374 e. The molecule has 102 valence electrons. The van der Waals surface area contributed by atoms with E-state index in [-0.39, 0.29) is 0 Å². The van der Waals surface area contributed by atoms with Crippen molar-refractivity contribution in [3.05, 3.63) is 69.2 Å². The van der Waals surface area contributed by atoms with Gasteiger partial charge in [0.1, 0.15) is 0 Å². The van der Waals surface area contributed by atoms with Crippen LogP contribution in [0.2, 0.25) is 10.0 Å². The molecule has 0 radical (unpaired) electrons. The first-order chi connectivity index (χ1) is 9.65. The number of benzene rings is 2. The maximum Gasteiger partial charge on any atom is 0.0658 e. The molecule has 1 aliphatic rings. The van der Waals surface area contributed by atoms with Gasteiger partial charge in [0.15, 0.2) is 0 Å². The van der Waals surface area contributed by atoms with Crippen LogP contribution in [-0.2, 0) is 0 Å². The van der Waals surface area contributed by atoms with Crippen LogP contribution in [0.4, 0.5) is 0 Å². The van der Waals surface area contributed by atoms with Crippen LogP contribution in [0.15, 0.2) is 42.5 Å². The van der Waals surface area contributed by atoms with Crippen molar-refractivity contribution in [3.8, 4) is 0 Å². The lowest BCUT2D eigenvalue weighted by Gasteiger charge is -2.09. The number of rotatable bonds is 2. The first-order valence-corrected chi connectivity index (χ1v) is 8.03. The van der Waals surface area contributed by atoms with Gasteiger partial charge in [0.2, 0.25) is 0 Å². The average Bonchev–Trinajstić information content (AvgIpc) is 2.92. The highest BCUT2D eigenvalue weighted by atomic mass is 35.5. The molecule has 20 heavy (non-hydrogen) atoms. The molecule has 1 nitrogen and oxygen atoms in total. The first-order valence-electron chi connectivity index (χ1n) is 6.28. The van der Waals surface area contributed by atoms with E-state index in [1.165, 1.54) is 16.0 Å². The summed E-state index contributed by atoms with van der Waals surface area (Å²) in [5.74, 6) is 0.874. The van der Waals surface area contributed by atoms with E-state index in [2.05, 4.69) is 36.5 Å². The zero-order valence-corrected chi connectivity index (χ0v) is 13.2. The zero-order chi connectivity index (χ0) is 14.1. The molecule has 0 unspecified atom stereocenters. The minimum atomic E-state index is 0.582. The second-order valence-electron chi connectivity index (χ2n) is 4.66. The summed E-state index contributed by atoms with van der Waals surface area (Å²) >= 11 is 13.9. The topological polar surface area (TPSA) is 12.0 Å². The van der Waals surface area contributed by atoms with Crippen molar-refractivity contribution in [1.29, 1.82) is 0 Å². The summed E-state index contributed by atoms with van der Waals surface area (Å²) < 4.78 is 0. The van der Waals surface area contributed by atoms with Gasteiger partial charge in [0, 0.05) is 10.5 Å². The summed E-state index contributed by atoms with van der Waals surface area (Å²) in [4.78, 5) is 1.25. The molecule has 0 aliphatic carbocycles. The molecule has 1 aliphatic heterocycles. The summed E-state index contributed by atoms with van der Waals surface area (Å²) in [5.41, 5.74) is 4.69. The van der Waals surface area contributed by atoms with E-state index in [0.717, 1.165) is 17.1 Å². The molecule has 0 atom stereocenters. The van der Waals surface area contributed by atoms with E-state index in [1.807, 2.05) is 18.2 Å². The molecule has 0 saturated carbocycles. The third-order valence-corrected chi connectivity index (χ3v) is 4.97. The minimum absolute atomic E-state index is 0.582. The Labute approximate surface area is 133 Å². The van der Waals surface area contributed by atoms with Crippen molar-refractivity contribution in [2.45, 2.75) is 6.92 Å². The maximum absolute atomic E-state index is 6.12. The van der Waals surface area contributed by atoms with Crippen LogP contribution in [-0.4, -0.2) is 5.88 Å². The van der Waals surface area contributed by atoms with Gasteiger partial charge >= 0.3 is 0 Å². The Morgan fingerprint density at radius 1 is 0.950 bits per heavy atom. The second-order valence-corrected chi connectivity index (χ2v) is 6.46. The smallest absolute Gasteiger partial charge is 0.0658 e. The highest BCUT2D eigenvalue weighted by molar-refractivity contribution is 8.08. The number of aryl methyl sites for hydroxylation is 1. The SMILES string of the molecule is Cc1ccc(C2=C(c3ccc(Cl)c(Cl)c3)NCS2)cc1. The standard InChI is InChI=1S/C16H13Cl2NS/c1-10-2-4-11(5-3-10)16-15(19-9-20-16)12-6-7-13(17)14(18)8-12/h2-8,19H,9H2,1H3. The highest BCUT2D eigenvalue weighted by Gasteiger charge is 2.18. The van der Waals surface area contributed by atoms with E-state index in [9.17, 15) is 0 Å². The summed E-state index contributed by atoms with van der Waals surface area (Å²) in [6.45, 7) is 2.10. The zero-order valence-electron chi connectivity index (χ0n) is 10.9. The van der Waals surface area contributed by atoms with Gasteiger partial charge in [-0.05, 0) is 24.6 Å². The predicted octanol–water partition coefficient (Wildman–Crippen LogP) is 5.42. The van der Waals surface area contributed by atoms with Crippen molar-refractivity contribution in [1.82, 2.24) is 5.32 Å². The molecule has 0 fully saturated rings. The van der Waals surface area contributed by atoms with Gasteiger partial charge in [0.25, 0.3) is 0 Å². The quantitative estimate of drug-likeness (QED) is 0.792. The van der Waals surface area contributed by atoms with Crippen molar-refractivity contribution < 1.29 is 0 Å². The molecule has 0 bridgehead atoms. The number of hydrogen-bond donors (Lipinski definition) is 1. The molecule has 0 saturated heterocycles.